The average molecular weight is 415 g/mol. The van der Waals surface area contributed by atoms with Crippen LogP contribution < -0.4 is 4.31 Å². The molecular formula is C23H30N2O3S. The first-order chi connectivity index (χ1) is 14.0. The van der Waals surface area contributed by atoms with Crippen molar-refractivity contribution >= 4 is 21.6 Å². The Balaban J connectivity index is 1.90. The molecule has 0 atom stereocenters. The Hall–Kier alpha value is -2.34. The maximum absolute atomic E-state index is 13.3. The molecule has 1 fully saturated rings. The molecule has 0 spiro atoms. The van der Waals surface area contributed by atoms with Gasteiger partial charge in [0, 0.05) is 24.7 Å². The lowest BCUT2D eigenvalue weighted by molar-refractivity contribution is 0.0647. The molecule has 2 aromatic rings. The van der Waals surface area contributed by atoms with Crippen molar-refractivity contribution in [3.8, 4) is 0 Å². The van der Waals surface area contributed by atoms with Crippen LogP contribution in [0.2, 0.25) is 0 Å². The summed E-state index contributed by atoms with van der Waals surface area (Å²) in [4.78, 5) is 15.2. The van der Waals surface area contributed by atoms with Gasteiger partial charge in [0.1, 0.15) is 0 Å². The van der Waals surface area contributed by atoms with Crippen LogP contribution in [0.5, 0.6) is 0 Å². The van der Waals surface area contributed by atoms with Crippen LogP contribution in [-0.2, 0) is 10.0 Å². The quantitative estimate of drug-likeness (QED) is 0.660. The highest BCUT2D eigenvalue weighted by molar-refractivity contribution is 7.92. The summed E-state index contributed by atoms with van der Waals surface area (Å²) in [6.45, 7) is 4.74. The van der Waals surface area contributed by atoms with E-state index in [0.717, 1.165) is 25.7 Å². The van der Waals surface area contributed by atoms with Gasteiger partial charge < -0.3 is 4.90 Å². The fourth-order valence-corrected chi connectivity index (χ4v) is 5.65. The molecule has 1 saturated carbocycles. The number of carbonyl (C=O) groups excluding carboxylic acids is 1. The minimum Gasteiger partial charge on any atom is -0.336 e. The van der Waals surface area contributed by atoms with Crippen molar-refractivity contribution < 1.29 is 13.2 Å². The number of anilines is 1. The Kier molecular flexibility index (Phi) is 6.96. The van der Waals surface area contributed by atoms with Crippen LogP contribution in [-0.4, -0.2) is 38.4 Å². The third-order valence-corrected chi connectivity index (χ3v) is 7.52. The lowest BCUT2D eigenvalue weighted by Crippen LogP contribution is -2.41. The van der Waals surface area contributed by atoms with Crippen LogP contribution in [0.3, 0.4) is 0 Å². The predicted molar refractivity (Wildman–Crippen MR) is 117 cm³/mol. The number of sulfonamides is 1. The molecule has 0 N–H and O–H groups in total. The summed E-state index contributed by atoms with van der Waals surface area (Å²) in [6, 6.07) is 15.7. The Bertz CT molecular complexity index is 922. The molecule has 1 amide bonds. The van der Waals surface area contributed by atoms with E-state index in [2.05, 4.69) is 0 Å². The summed E-state index contributed by atoms with van der Waals surface area (Å²) >= 11 is 0. The number of nitrogens with zero attached hydrogens (tertiary/aromatic N) is 2. The minimum atomic E-state index is -3.75. The first-order valence-electron chi connectivity index (χ1n) is 10.5. The topological polar surface area (TPSA) is 57.7 Å². The number of hydrogen-bond acceptors (Lipinski definition) is 3. The largest absolute Gasteiger partial charge is 0.336 e. The van der Waals surface area contributed by atoms with Crippen molar-refractivity contribution in [1.82, 2.24) is 4.90 Å². The maximum atomic E-state index is 13.3. The van der Waals surface area contributed by atoms with E-state index >= 15 is 0 Å². The number of benzene rings is 2. The van der Waals surface area contributed by atoms with Crippen molar-refractivity contribution in [3.63, 3.8) is 0 Å². The second-order valence-corrected chi connectivity index (χ2v) is 9.28. The van der Waals surface area contributed by atoms with Crippen LogP contribution in [0.1, 0.15) is 56.3 Å². The molecule has 0 unspecified atom stereocenters. The number of carbonyl (C=O) groups is 1. The van der Waals surface area contributed by atoms with Crippen LogP contribution in [0.25, 0.3) is 0 Å². The molecular weight excluding hydrogens is 384 g/mol. The van der Waals surface area contributed by atoms with Gasteiger partial charge in [0.05, 0.1) is 10.6 Å². The zero-order valence-corrected chi connectivity index (χ0v) is 18.1. The summed E-state index contributed by atoms with van der Waals surface area (Å²) in [5.41, 5.74) is 1.05. The van der Waals surface area contributed by atoms with Crippen molar-refractivity contribution in [2.45, 2.75) is 56.9 Å². The Morgan fingerprint density at radius 1 is 0.931 bits per heavy atom. The van der Waals surface area contributed by atoms with Crippen molar-refractivity contribution in [2.75, 3.05) is 17.4 Å². The van der Waals surface area contributed by atoms with Gasteiger partial charge in [-0.25, -0.2) is 8.42 Å². The van der Waals surface area contributed by atoms with Gasteiger partial charge in [-0.05, 0) is 57.0 Å². The Morgan fingerprint density at radius 2 is 1.62 bits per heavy atom. The van der Waals surface area contributed by atoms with Crippen LogP contribution in [0, 0.1) is 0 Å². The molecule has 5 nitrogen and oxygen atoms in total. The normalized spacial score (nSPS) is 15.1. The number of para-hydroxylation sites is 1. The second-order valence-electron chi connectivity index (χ2n) is 7.42. The van der Waals surface area contributed by atoms with E-state index in [0.29, 0.717) is 24.3 Å². The lowest BCUT2D eigenvalue weighted by Gasteiger charge is -2.33. The van der Waals surface area contributed by atoms with E-state index in [-0.39, 0.29) is 16.8 Å². The minimum absolute atomic E-state index is 0.0841. The highest BCUT2D eigenvalue weighted by Crippen LogP contribution is 2.26. The highest BCUT2D eigenvalue weighted by Gasteiger charge is 2.28. The molecule has 0 bridgehead atoms. The van der Waals surface area contributed by atoms with E-state index in [1.165, 1.54) is 16.8 Å². The molecule has 0 aromatic heterocycles. The maximum Gasteiger partial charge on any atom is 0.264 e. The van der Waals surface area contributed by atoms with E-state index in [4.69, 9.17) is 0 Å². The SMILES string of the molecule is CCN(C(=O)c1cccc(S(=O)(=O)N(CC)c2ccccc2)c1)C1CCCCC1. The predicted octanol–water partition coefficient (Wildman–Crippen LogP) is 4.70. The number of hydrogen-bond donors (Lipinski definition) is 0. The molecule has 2 aromatic carbocycles. The zero-order chi connectivity index (χ0) is 20.9. The average Bonchev–Trinajstić information content (AvgIpc) is 2.76. The third-order valence-electron chi connectivity index (χ3n) is 5.62. The van der Waals surface area contributed by atoms with E-state index in [1.807, 2.05) is 30.0 Å². The molecule has 29 heavy (non-hydrogen) atoms. The number of rotatable bonds is 7. The standard InChI is InChI=1S/C23H30N2O3S/c1-3-24(20-13-7-5-8-14-20)23(26)19-12-11-17-22(18-19)29(27,28)25(4-2)21-15-9-6-10-16-21/h6,9-12,15-18,20H,3-5,7-8,13-14H2,1-2H3. The summed E-state index contributed by atoms with van der Waals surface area (Å²) in [7, 11) is -3.75. The number of amides is 1. The lowest BCUT2D eigenvalue weighted by atomic mass is 9.93. The Morgan fingerprint density at radius 3 is 2.24 bits per heavy atom. The van der Waals surface area contributed by atoms with Gasteiger partial charge >= 0.3 is 0 Å². The molecule has 0 heterocycles. The van der Waals surface area contributed by atoms with Gasteiger partial charge in [-0.3, -0.25) is 9.10 Å². The van der Waals surface area contributed by atoms with Gasteiger partial charge in [0.2, 0.25) is 0 Å². The Labute approximate surface area is 174 Å². The molecule has 0 aliphatic heterocycles. The molecule has 3 rings (SSSR count). The van der Waals surface area contributed by atoms with E-state index in [1.54, 1.807) is 37.3 Å². The molecule has 6 heteroatoms. The first kappa shape index (κ1) is 21.4. The molecule has 156 valence electrons. The summed E-state index contributed by atoms with van der Waals surface area (Å²) in [5.74, 6) is -0.0841. The molecule has 1 aliphatic carbocycles. The second kappa shape index (κ2) is 9.44. The van der Waals surface area contributed by atoms with Gasteiger partial charge in [0.25, 0.3) is 15.9 Å². The van der Waals surface area contributed by atoms with Gasteiger partial charge in [0.15, 0.2) is 0 Å². The first-order valence-corrected chi connectivity index (χ1v) is 11.9. The molecule has 0 radical (unpaired) electrons. The monoisotopic (exact) mass is 414 g/mol. The fourth-order valence-electron chi connectivity index (χ4n) is 4.13. The van der Waals surface area contributed by atoms with Crippen molar-refractivity contribution in [2.24, 2.45) is 0 Å². The fraction of sp³-hybridized carbons (Fsp3) is 0.435. The van der Waals surface area contributed by atoms with E-state index in [9.17, 15) is 13.2 Å². The van der Waals surface area contributed by atoms with E-state index < -0.39 is 10.0 Å². The zero-order valence-electron chi connectivity index (χ0n) is 17.3. The van der Waals surface area contributed by atoms with Crippen molar-refractivity contribution in [3.05, 3.63) is 60.2 Å². The van der Waals surface area contributed by atoms with Crippen LogP contribution in [0.4, 0.5) is 5.69 Å². The summed E-state index contributed by atoms with van der Waals surface area (Å²) in [5, 5.41) is 0. The van der Waals surface area contributed by atoms with Gasteiger partial charge in [-0.2, -0.15) is 0 Å². The summed E-state index contributed by atoms with van der Waals surface area (Å²) in [6.07, 6.45) is 5.56. The van der Waals surface area contributed by atoms with Gasteiger partial charge in [-0.15, -0.1) is 0 Å². The van der Waals surface area contributed by atoms with Crippen LogP contribution >= 0.6 is 0 Å². The smallest absolute Gasteiger partial charge is 0.264 e. The van der Waals surface area contributed by atoms with Crippen molar-refractivity contribution in [1.29, 1.82) is 0 Å². The third kappa shape index (κ3) is 4.64. The van der Waals surface area contributed by atoms with Gasteiger partial charge in [-0.1, -0.05) is 43.5 Å². The highest BCUT2D eigenvalue weighted by atomic mass is 32.2. The molecule has 0 saturated heterocycles. The summed E-state index contributed by atoms with van der Waals surface area (Å²) < 4.78 is 27.9. The van der Waals surface area contributed by atoms with Crippen LogP contribution in [0.15, 0.2) is 59.5 Å². The molecule has 1 aliphatic rings.